The first-order valence-electron chi connectivity index (χ1n) is 13.7. The second-order valence-corrected chi connectivity index (χ2v) is 13.1. The van der Waals surface area contributed by atoms with Crippen molar-refractivity contribution in [2.75, 3.05) is 20.6 Å². The molecular weight excluding hydrogens is 514 g/mol. The molecule has 1 aromatic rings. The second kappa shape index (κ2) is 10.0. The van der Waals surface area contributed by atoms with Gasteiger partial charge in [-0.3, -0.25) is 19.3 Å². The zero-order chi connectivity index (χ0) is 30.1. The predicted molar refractivity (Wildman–Crippen MR) is 149 cm³/mol. The summed E-state index contributed by atoms with van der Waals surface area (Å²) in [7, 11) is 3.16. The van der Waals surface area contributed by atoms with Crippen LogP contribution in [0.4, 0.5) is 0 Å². The number of aliphatic hydroxyl groups excluding tert-OH is 2. The number of benzene rings is 1. The number of aromatic hydroxyl groups is 1. The van der Waals surface area contributed by atoms with Gasteiger partial charge in [0, 0.05) is 30.1 Å². The van der Waals surface area contributed by atoms with Gasteiger partial charge in [0.25, 0.3) is 5.91 Å². The Morgan fingerprint density at radius 3 is 2.35 bits per heavy atom. The molecule has 0 unspecified atom stereocenters. The predicted octanol–water partition coefficient (Wildman–Crippen LogP) is 2.22. The molecule has 3 aliphatic carbocycles. The van der Waals surface area contributed by atoms with Gasteiger partial charge in [-0.1, -0.05) is 40.7 Å². The molecule has 0 spiro atoms. The quantitative estimate of drug-likeness (QED) is 0.288. The third-order valence-electron chi connectivity index (χ3n) is 8.43. The number of phenolic OH excluding ortho intramolecular Hbond substituents is 1. The average Bonchev–Trinajstić information content (AvgIpc) is 2.81. The van der Waals surface area contributed by atoms with Crippen molar-refractivity contribution in [1.29, 1.82) is 0 Å². The van der Waals surface area contributed by atoms with Crippen LogP contribution in [0.5, 0.6) is 5.75 Å². The van der Waals surface area contributed by atoms with Crippen molar-refractivity contribution in [1.82, 2.24) is 10.2 Å². The van der Waals surface area contributed by atoms with Crippen LogP contribution < -0.4 is 11.1 Å². The Labute approximate surface area is 234 Å². The Morgan fingerprint density at radius 2 is 1.82 bits per heavy atom. The van der Waals surface area contributed by atoms with E-state index in [2.05, 4.69) is 26.1 Å². The molecule has 218 valence electrons. The fraction of sp³-hybridized carbons (Fsp3) is 0.567. The monoisotopic (exact) mass is 555 g/mol. The summed E-state index contributed by atoms with van der Waals surface area (Å²) in [5, 5.41) is 49.1. The lowest BCUT2D eigenvalue weighted by molar-refractivity contribution is -0.153. The first-order chi connectivity index (χ1) is 18.4. The van der Waals surface area contributed by atoms with Gasteiger partial charge in [-0.25, -0.2) is 0 Å². The molecule has 4 atom stereocenters. The standard InChI is InChI=1S/C30H41N3O7/c1-13(2)16-9-15(11-32-12-29(3,4)5)23(34)20-17(16)8-14-10-18-22(33(6)7)25(36)21(28(31)39)27(38)30(18,40)26(37)19(14)24(20)35/h9,13-14,18,22,32,34-35,38,40H,8,10-12H2,1-7H3,(H2,31,39)/t14-,18-,22+,30-/m0/s1. The molecule has 0 aromatic heterocycles. The number of likely N-dealkylation sites (N-methyl/N-ethyl adjacent to an activating group) is 1. The number of carbonyl (C=O) groups is 3. The molecule has 0 saturated heterocycles. The molecule has 40 heavy (non-hydrogen) atoms. The molecule has 0 radical (unpaired) electrons. The smallest absolute Gasteiger partial charge is 0.255 e. The van der Waals surface area contributed by atoms with Gasteiger partial charge < -0.3 is 31.5 Å². The number of rotatable bonds is 6. The van der Waals surface area contributed by atoms with Crippen molar-refractivity contribution >= 4 is 23.2 Å². The number of primary amides is 1. The summed E-state index contributed by atoms with van der Waals surface area (Å²) in [6, 6.07) is 0.820. The van der Waals surface area contributed by atoms with E-state index in [-0.39, 0.29) is 41.1 Å². The number of Topliss-reactive ketones (excluding diaryl/α,β-unsaturated/α-hetero) is 2. The normalized spacial score (nSPS) is 26.8. The zero-order valence-corrected chi connectivity index (χ0v) is 24.3. The molecule has 0 aliphatic heterocycles. The lowest BCUT2D eigenvalue weighted by Gasteiger charge is -2.50. The van der Waals surface area contributed by atoms with Crippen LogP contribution in [0, 0.1) is 17.3 Å². The van der Waals surface area contributed by atoms with Gasteiger partial charge in [0.15, 0.2) is 11.4 Å². The van der Waals surface area contributed by atoms with E-state index < -0.39 is 58.0 Å². The van der Waals surface area contributed by atoms with Crippen molar-refractivity contribution in [2.45, 2.75) is 71.6 Å². The minimum absolute atomic E-state index is 0.00756. The van der Waals surface area contributed by atoms with E-state index in [1.54, 1.807) is 14.1 Å². The summed E-state index contributed by atoms with van der Waals surface area (Å²) in [5.74, 6) is -6.38. The molecule has 1 aromatic carbocycles. The SMILES string of the molecule is CC(C)c1cc(CNCC(C)(C)C)c(O)c2c1C[C@H]1C[C@H]3[C@@H](N(C)C)C(=O)C(C(N)=O)=C(O)[C@@]3(O)C(=O)C1=C2O. The van der Waals surface area contributed by atoms with Crippen LogP contribution >= 0.6 is 0 Å². The number of fused-ring (bicyclic) bond motifs is 3. The zero-order valence-electron chi connectivity index (χ0n) is 24.3. The summed E-state index contributed by atoms with van der Waals surface area (Å²) in [4.78, 5) is 40.9. The number of aliphatic hydroxyl groups is 3. The Kier molecular flexibility index (Phi) is 7.45. The average molecular weight is 556 g/mol. The molecule has 1 amide bonds. The summed E-state index contributed by atoms with van der Waals surface area (Å²) < 4.78 is 0. The molecule has 3 aliphatic rings. The van der Waals surface area contributed by atoms with E-state index in [4.69, 9.17) is 5.73 Å². The maximum absolute atomic E-state index is 14.0. The fourth-order valence-electron chi connectivity index (χ4n) is 6.62. The highest BCUT2D eigenvalue weighted by Crippen LogP contribution is 2.53. The maximum Gasteiger partial charge on any atom is 0.255 e. The molecule has 10 heteroatoms. The van der Waals surface area contributed by atoms with E-state index in [0.717, 1.165) is 5.56 Å². The van der Waals surface area contributed by atoms with Crippen molar-refractivity contribution in [3.8, 4) is 5.75 Å². The van der Waals surface area contributed by atoms with Crippen LogP contribution in [0.1, 0.15) is 69.2 Å². The van der Waals surface area contributed by atoms with Crippen molar-refractivity contribution in [3.63, 3.8) is 0 Å². The fourth-order valence-corrected chi connectivity index (χ4v) is 6.62. The highest BCUT2D eigenvalue weighted by atomic mass is 16.3. The third-order valence-corrected chi connectivity index (χ3v) is 8.43. The maximum atomic E-state index is 14.0. The number of amides is 1. The van der Waals surface area contributed by atoms with Gasteiger partial charge in [0.1, 0.15) is 22.8 Å². The van der Waals surface area contributed by atoms with Crippen molar-refractivity contribution in [3.05, 3.63) is 45.2 Å². The highest BCUT2D eigenvalue weighted by molar-refractivity contribution is 6.24. The van der Waals surface area contributed by atoms with Crippen LogP contribution in [-0.2, 0) is 27.3 Å². The molecule has 10 nitrogen and oxygen atoms in total. The molecule has 1 saturated carbocycles. The molecule has 0 heterocycles. The minimum Gasteiger partial charge on any atom is -0.508 e. The third kappa shape index (κ3) is 4.52. The summed E-state index contributed by atoms with van der Waals surface area (Å²) >= 11 is 0. The van der Waals surface area contributed by atoms with Gasteiger partial charge >= 0.3 is 0 Å². The number of phenols is 1. The van der Waals surface area contributed by atoms with Crippen LogP contribution in [0.3, 0.4) is 0 Å². The number of nitrogens with one attached hydrogen (secondary N) is 1. The summed E-state index contributed by atoms with van der Waals surface area (Å²) in [6.07, 6.45) is 0.351. The van der Waals surface area contributed by atoms with Crippen LogP contribution in [0.15, 0.2) is 23.0 Å². The lowest BCUT2D eigenvalue weighted by Crippen LogP contribution is -2.65. The molecular formula is C30H41N3O7. The van der Waals surface area contributed by atoms with Crippen molar-refractivity contribution in [2.24, 2.45) is 23.0 Å². The first-order valence-corrected chi connectivity index (χ1v) is 13.7. The highest BCUT2D eigenvalue weighted by Gasteiger charge is 2.64. The number of ketones is 2. The summed E-state index contributed by atoms with van der Waals surface area (Å²) in [5.41, 5.74) is 4.11. The number of nitrogens with two attached hydrogens (primary N) is 1. The molecule has 7 N–H and O–H groups in total. The topological polar surface area (TPSA) is 173 Å². The Balaban J connectivity index is 1.91. The van der Waals surface area contributed by atoms with E-state index in [1.165, 1.54) is 4.90 Å². The largest absolute Gasteiger partial charge is 0.508 e. The van der Waals surface area contributed by atoms with Crippen LogP contribution in [-0.4, -0.2) is 75.1 Å². The number of hydrogen-bond acceptors (Lipinski definition) is 9. The number of nitrogens with zero attached hydrogens (tertiary/aromatic N) is 1. The van der Waals surface area contributed by atoms with Crippen LogP contribution in [0.2, 0.25) is 0 Å². The van der Waals surface area contributed by atoms with Gasteiger partial charge in [-0.05, 0) is 55.3 Å². The van der Waals surface area contributed by atoms with Gasteiger partial charge in [-0.2, -0.15) is 0 Å². The van der Waals surface area contributed by atoms with Gasteiger partial charge in [0.05, 0.1) is 11.6 Å². The Bertz CT molecular complexity index is 1350. The lowest BCUT2D eigenvalue weighted by atomic mass is 9.57. The molecule has 4 rings (SSSR count). The minimum atomic E-state index is -2.65. The van der Waals surface area contributed by atoms with Gasteiger partial charge in [-0.15, -0.1) is 0 Å². The molecule has 0 bridgehead atoms. The van der Waals surface area contributed by atoms with Crippen LogP contribution in [0.25, 0.3) is 5.76 Å². The second-order valence-electron chi connectivity index (χ2n) is 13.1. The van der Waals surface area contributed by atoms with Gasteiger partial charge in [0.2, 0.25) is 5.78 Å². The number of carbonyl (C=O) groups excluding carboxylic acids is 3. The van der Waals surface area contributed by atoms with E-state index >= 15 is 0 Å². The molecule has 1 fully saturated rings. The number of hydrogen-bond donors (Lipinski definition) is 6. The first kappa shape index (κ1) is 29.8. The van der Waals surface area contributed by atoms with E-state index in [0.29, 0.717) is 24.2 Å². The van der Waals surface area contributed by atoms with Crippen molar-refractivity contribution < 1.29 is 34.8 Å². The van der Waals surface area contributed by atoms with E-state index in [9.17, 15) is 34.8 Å². The summed E-state index contributed by atoms with van der Waals surface area (Å²) in [6.45, 7) is 11.3. The Morgan fingerprint density at radius 1 is 1.20 bits per heavy atom. The Hall–Kier alpha value is -3.21. The van der Waals surface area contributed by atoms with E-state index in [1.807, 2.05) is 19.9 Å².